The number of amides is 2. The number of nitrogens with two attached hydrogens (primary N) is 1. The zero-order valence-electron chi connectivity index (χ0n) is 12.0. The van der Waals surface area contributed by atoms with Gasteiger partial charge in [0.1, 0.15) is 6.61 Å². The van der Waals surface area contributed by atoms with Crippen LogP contribution in [0.3, 0.4) is 0 Å². The Morgan fingerprint density at radius 2 is 1.75 bits per heavy atom. The molecule has 0 aromatic heterocycles. The van der Waals surface area contributed by atoms with Crippen LogP contribution in [-0.4, -0.2) is 31.1 Å². The monoisotopic (exact) mass is 279 g/mol. The molecule has 1 rings (SSSR count). The van der Waals surface area contributed by atoms with E-state index in [2.05, 4.69) is 10.6 Å². The van der Waals surface area contributed by atoms with E-state index in [1.165, 1.54) is 7.11 Å². The van der Waals surface area contributed by atoms with Gasteiger partial charge in [0, 0.05) is 30.4 Å². The van der Waals surface area contributed by atoms with Gasteiger partial charge in [0.2, 0.25) is 11.8 Å². The highest BCUT2D eigenvalue weighted by Crippen LogP contribution is 2.16. The molecule has 0 radical (unpaired) electrons. The van der Waals surface area contributed by atoms with Gasteiger partial charge in [-0.15, -0.1) is 0 Å². The maximum Gasteiger partial charge on any atom is 0.250 e. The summed E-state index contributed by atoms with van der Waals surface area (Å²) < 4.78 is 4.73. The smallest absolute Gasteiger partial charge is 0.250 e. The van der Waals surface area contributed by atoms with Crippen LogP contribution in [-0.2, 0) is 14.3 Å². The van der Waals surface area contributed by atoms with Crippen LogP contribution in [0.4, 0.5) is 11.4 Å². The number of nitrogens with one attached hydrogen (secondary N) is 2. The lowest BCUT2D eigenvalue weighted by atomic mass is 10.0. The van der Waals surface area contributed by atoms with E-state index in [1.807, 2.05) is 0 Å². The topological polar surface area (TPSA) is 93.5 Å². The van der Waals surface area contributed by atoms with Crippen LogP contribution in [0, 0.1) is 0 Å². The lowest BCUT2D eigenvalue weighted by molar-refractivity contribution is -0.119. The van der Waals surface area contributed by atoms with Crippen molar-refractivity contribution in [3.05, 3.63) is 24.3 Å². The van der Waals surface area contributed by atoms with Gasteiger partial charge in [0.05, 0.1) is 0 Å². The minimum absolute atomic E-state index is 0.0159. The minimum atomic E-state index is -0.561. The first-order valence-corrected chi connectivity index (χ1v) is 6.28. The fraction of sp³-hybridized carbons (Fsp3) is 0.429. The van der Waals surface area contributed by atoms with E-state index in [4.69, 9.17) is 10.5 Å². The molecule has 0 heterocycles. The zero-order chi connectivity index (χ0) is 15.2. The van der Waals surface area contributed by atoms with E-state index in [0.29, 0.717) is 11.4 Å². The van der Waals surface area contributed by atoms with E-state index in [9.17, 15) is 9.59 Å². The summed E-state index contributed by atoms with van der Waals surface area (Å²) in [6, 6.07) is 6.89. The van der Waals surface area contributed by atoms with Gasteiger partial charge < -0.3 is 21.1 Å². The molecule has 0 aliphatic heterocycles. The molecule has 6 nitrogen and oxygen atoms in total. The van der Waals surface area contributed by atoms with Crippen molar-refractivity contribution in [2.45, 2.75) is 25.8 Å². The van der Waals surface area contributed by atoms with Crippen molar-refractivity contribution in [1.82, 2.24) is 0 Å². The predicted octanol–water partition coefficient (Wildman–Crippen LogP) is 1.34. The molecular formula is C14H21N3O3. The average Bonchev–Trinajstić information content (AvgIpc) is 2.26. The largest absolute Gasteiger partial charge is 0.375 e. The molecule has 1 aromatic rings. The lowest BCUT2D eigenvalue weighted by Gasteiger charge is -2.17. The second-order valence-corrected chi connectivity index (χ2v) is 5.28. The number of hydrogen-bond donors (Lipinski definition) is 3. The molecule has 20 heavy (non-hydrogen) atoms. The van der Waals surface area contributed by atoms with Crippen molar-refractivity contribution in [2.75, 3.05) is 24.4 Å². The normalized spacial score (nSPS) is 11.0. The quantitative estimate of drug-likeness (QED) is 0.732. The van der Waals surface area contributed by atoms with Gasteiger partial charge in [-0.05, 0) is 32.0 Å². The fourth-order valence-electron chi connectivity index (χ4n) is 1.62. The summed E-state index contributed by atoms with van der Waals surface area (Å²) in [5.74, 6) is -0.420. The Labute approximate surface area is 118 Å². The number of ether oxygens (including phenoxy) is 1. The molecule has 0 bridgehead atoms. The molecular weight excluding hydrogens is 258 g/mol. The van der Waals surface area contributed by atoms with Crippen LogP contribution in [0.5, 0.6) is 0 Å². The number of anilines is 2. The van der Waals surface area contributed by atoms with E-state index in [-0.39, 0.29) is 24.8 Å². The second-order valence-electron chi connectivity index (χ2n) is 5.28. The maximum atomic E-state index is 11.8. The van der Waals surface area contributed by atoms with Crippen LogP contribution < -0.4 is 16.4 Å². The van der Waals surface area contributed by atoms with Gasteiger partial charge in [-0.3, -0.25) is 9.59 Å². The van der Waals surface area contributed by atoms with Crippen molar-refractivity contribution < 1.29 is 14.3 Å². The Kier molecular flexibility index (Phi) is 5.66. The van der Waals surface area contributed by atoms with E-state index < -0.39 is 5.54 Å². The molecule has 0 aliphatic carbocycles. The zero-order valence-corrected chi connectivity index (χ0v) is 12.0. The maximum absolute atomic E-state index is 11.8. The SMILES string of the molecule is COCC(=O)Nc1cccc(NC(=O)CC(C)(C)N)c1. The van der Waals surface area contributed by atoms with Gasteiger partial charge in [0.25, 0.3) is 0 Å². The Bertz CT molecular complexity index is 481. The summed E-state index contributed by atoms with van der Waals surface area (Å²) >= 11 is 0. The Balaban J connectivity index is 2.64. The van der Waals surface area contributed by atoms with E-state index in [0.717, 1.165) is 0 Å². The number of carbonyl (C=O) groups excluding carboxylic acids is 2. The predicted molar refractivity (Wildman–Crippen MR) is 78.5 cm³/mol. The van der Waals surface area contributed by atoms with Crippen LogP contribution in [0.1, 0.15) is 20.3 Å². The number of hydrogen-bond acceptors (Lipinski definition) is 4. The Morgan fingerprint density at radius 1 is 1.20 bits per heavy atom. The van der Waals surface area contributed by atoms with Crippen molar-refractivity contribution in [1.29, 1.82) is 0 Å². The number of benzene rings is 1. The highest BCUT2D eigenvalue weighted by Gasteiger charge is 2.16. The molecule has 0 spiro atoms. The third-order valence-electron chi connectivity index (χ3n) is 2.32. The molecule has 110 valence electrons. The second kappa shape index (κ2) is 7.02. The number of methoxy groups -OCH3 is 1. The Hall–Kier alpha value is -1.92. The molecule has 0 aliphatic rings. The van der Waals surface area contributed by atoms with Gasteiger partial charge >= 0.3 is 0 Å². The average molecular weight is 279 g/mol. The minimum Gasteiger partial charge on any atom is -0.375 e. The van der Waals surface area contributed by atoms with Crippen molar-refractivity contribution >= 4 is 23.2 Å². The van der Waals surface area contributed by atoms with Crippen molar-refractivity contribution in [3.63, 3.8) is 0 Å². The molecule has 6 heteroatoms. The highest BCUT2D eigenvalue weighted by molar-refractivity contribution is 5.94. The highest BCUT2D eigenvalue weighted by atomic mass is 16.5. The molecule has 0 atom stereocenters. The third kappa shape index (κ3) is 6.31. The third-order valence-corrected chi connectivity index (χ3v) is 2.32. The molecule has 1 aromatic carbocycles. The molecule has 0 saturated heterocycles. The summed E-state index contributed by atoms with van der Waals surface area (Å²) in [6.07, 6.45) is 0.216. The molecule has 4 N–H and O–H groups in total. The summed E-state index contributed by atoms with van der Waals surface area (Å²) in [6.45, 7) is 3.56. The molecule has 0 unspecified atom stereocenters. The standard InChI is InChI=1S/C14H21N3O3/c1-14(2,15)8-12(18)16-10-5-4-6-11(7-10)17-13(19)9-20-3/h4-7H,8-9,15H2,1-3H3,(H,16,18)(H,17,19). The van der Waals surface area contributed by atoms with Gasteiger partial charge in [-0.1, -0.05) is 6.07 Å². The van der Waals surface area contributed by atoms with Crippen molar-refractivity contribution in [2.24, 2.45) is 5.73 Å². The van der Waals surface area contributed by atoms with Crippen LogP contribution in [0.25, 0.3) is 0 Å². The first-order valence-electron chi connectivity index (χ1n) is 6.28. The summed E-state index contributed by atoms with van der Waals surface area (Å²) in [7, 11) is 1.45. The van der Waals surface area contributed by atoms with Crippen molar-refractivity contribution in [3.8, 4) is 0 Å². The molecule has 0 fully saturated rings. The molecule has 2 amide bonds. The summed E-state index contributed by atoms with van der Waals surface area (Å²) in [5.41, 5.74) is 6.43. The summed E-state index contributed by atoms with van der Waals surface area (Å²) in [5, 5.41) is 5.41. The first kappa shape index (κ1) is 16.1. The lowest BCUT2D eigenvalue weighted by Crippen LogP contribution is -2.36. The summed E-state index contributed by atoms with van der Waals surface area (Å²) in [4.78, 5) is 23.2. The number of carbonyl (C=O) groups is 2. The molecule has 0 saturated carbocycles. The van der Waals surface area contributed by atoms with Gasteiger partial charge in [0.15, 0.2) is 0 Å². The number of rotatable bonds is 6. The first-order chi connectivity index (χ1) is 9.30. The van der Waals surface area contributed by atoms with Crippen LogP contribution in [0.15, 0.2) is 24.3 Å². The van der Waals surface area contributed by atoms with Crippen LogP contribution in [0.2, 0.25) is 0 Å². The van der Waals surface area contributed by atoms with E-state index in [1.54, 1.807) is 38.1 Å². The van der Waals surface area contributed by atoms with Gasteiger partial charge in [-0.25, -0.2) is 0 Å². The van der Waals surface area contributed by atoms with E-state index >= 15 is 0 Å². The van der Waals surface area contributed by atoms with Gasteiger partial charge in [-0.2, -0.15) is 0 Å². The van der Waals surface area contributed by atoms with Crippen LogP contribution >= 0.6 is 0 Å². The Morgan fingerprint density at radius 3 is 2.25 bits per heavy atom. The fourth-order valence-corrected chi connectivity index (χ4v) is 1.62.